The van der Waals surface area contributed by atoms with Gasteiger partial charge in [-0.2, -0.15) is 0 Å². The minimum atomic E-state index is -0.471. The molecule has 0 spiro atoms. The van der Waals surface area contributed by atoms with E-state index in [1.807, 2.05) is 6.92 Å². The van der Waals surface area contributed by atoms with E-state index in [9.17, 15) is 14.9 Å². The number of nitrogens with one attached hydrogen (secondary N) is 1. The molecule has 0 aliphatic heterocycles. The molecule has 0 fully saturated rings. The van der Waals surface area contributed by atoms with Crippen LogP contribution in [0.15, 0.2) is 60.9 Å². The van der Waals surface area contributed by atoms with Crippen LogP contribution in [0.3, 0.4) is 0 Å². The molecule has 0 atom stereocenters. The Morgan fingerprint density at radius 3 is 2.56 bits per heavy atom. The molecule has 0 saturated carbocycles. The Balaban J connectivity index is 1.74. The van der Waals surface area contributed by atoms with Crippen LogP contribution in [-0.4, -0.2) is 15.8 Å². The Morgan fingerprint density at radius 2 is 1.93 bits per heavy atom. The third-order valence-electron chi connectivity index (χ3n) is 3.95. The van der Waals surface area contributed by atoms with E-state index >= 15 is 0 Å². The molecule has 27 heavy (non-hydrogen) atoms. The first-order valence-electron chi connectivity index (χ1n) is 8.19. The fourth-order valence-electron chi connectivity index (χ4n) is 2.58. The Kier molecular flexibility index (Phi) is 5.12. The molecular formula is C20H17N3O4. The van der Waals surface area contributed by atoms with E-state index in [-0.39, 0.29) is 11.6 Å². The molecule has 0 saturated heterocycles. The highest BCUT2D eigenvalue weighted by Crippen LogP contribution is 2.27. The van der Waals surface area contributed by atoms with Gasteiger partial charge in [0, 0.05) is 29.1 Å². The molecule has 3 aromatic rings. The number of nitro benzene ring substituents is 1. The maximum atomic E-state index is 12.4. The molecule has 0 aliphatic rings. The molecule has 0 aliphatic carbocycles. The van der Waals surface area contributed by atoms with Crippen molar-refractivity contribution in [1.29, 1.82) is 0 Å². The molecular weight excluding hydrogens is 346 g/mol. The molecule has 0 unspecified atom stereocenters. The highest BCUT2D eigenvalue weighted by molar-refractivity contribution is 6.04. The average Bonchev–Trinajstić information content (AvgIpc) is 2.64. The molecule has 1 amide bonds. The third-order valence-corrected chi connectivity index (χ3v) is 3.95. The van der Waals surface area contributed by atoms with Crippen LogP contribution < -0.4 is 10.1 Å². The van der Waals surface area contributed by atoms with Gasteiger partial charge in [-0.3, -0.25) is 19.9 Å². The van der Waals surface area contributed by atoms with E-state index in [4.69, 9.17) is 4.74 Å². The van der Waals surface area contributed by atoms with Crippen molar-refractivity contribution >= 4 is 17.3 Å². The van der Waals surface area contributed by atoms with Crippen molar-refractivity contribution < 1.29 is 14.5 Å². The van der Waals surface area contributed by atoms with Crippen LogP contribution in [0.25, 0.3) is 0 Å². The highest BCUT2D eigenvalue weighted by atomic mass is 16.6. The smallest absolute Gasteiger partial charge is 0.272 e. The first-order chi connectivity index (χ1) is 12.9. The highest BCUT2D eigenvalue weighted by Gasteiger charge is 2.14. The van der Waals surface area contributed by atoms with E-state index in [1.54, 1.807) is 49.6 Å². The van der Waals surface area contributed by atoms with Crippen LogP contribution in [0.2, 0.25) is 0 Å². The number of carbonyl (C=O) groups is 1. The molecule has 136 valence electrons. The van der Waals surface area contributed by atoms with Crippen molar-refractivity contribution in [2.45, 2.75) is 13.8 Å². The number of ether oxygens (including phenoxy) is 1. The zero-order valence-electron chi connectivity index (χ0n) is 14.8. The van der Waals surface area contributed by atoms with E-state index < -0.39 is 4.92 Å². The second kappa shape index (κ2) is 7.65. The van der Waals surface area contributed by atoms with Crippen molar-refractivity contribution in [3.8, 4) is 11.5 Å². The number of nitro groups is 1. The van der Waals surface area contributed by atoms with Crippen molar-refractivity contribution in [2.75, 3.05) is 5.32 Å². The van der Waals surface area contributed by atoms with Crippen LogP contribution in [0.4, 0.5) is 11.4 Å². The Hall–Kier alpha value is -3.74. The quantitative estimate of drug-likeness (QED) is 0.526. The standard InChI is InChI=1S/C20H17N3O4/c1-13-10-15(5-7-18(13)23(25)26)20(24)22-16-6-8-19(14(2)11-16)27-17-4-3-9-21-12-17/h3-12H,1-2H3,(H,22,24). The number of carbonyl (C=O) groups excluding carboxylic acids is 1. The van der Waals surface area contributed by atoms with Gasteiger partial charge in [-0.05, 0) is 61.9 Å². The number of aryl methyl sites for hydroxylation is 2. The lowest BCUT2D eigenvalue weighted by atomic mass is 10.1. The number of rotatable bonds is 5. The zero-order chi connectivity index (χ0) is 19.4. The maximum Gasteiger partial charge on any atom is 0.272 e. The van der Waals surface area contributed by atoms with Gasteiger partial charge in [-0.15, -0.1) is 0 Å². The number of pyridine rings is 1. The van der Waals surface area contributed by atoms with Gasteiger partial charge in [0.05, 0.1) is 11.1 Å². The van der Waals surface area contributed by atoms with Crippen molar-refractivity contribution in [3.63, 3.8) is 0 Å². The lowest BCUT2D eigenvalue weighted by Crippen LogP contribution is -2.12. The van der Waals surface area contributed by atoms with Gasteiger partial charge < -0.3 is 10.1 Å². The van der Waals surface area contributed by atoms with Crippen molar-refractivity contribution in [3.05, 3.63) is 87.7 Å². The van der Waals surface area contributed by atoms with E-state index in [0.29, 0.717) is 28.3 Å². The summed E-state index contributed by atoms with van der Waals surface area (Å²) in [7, 11) is 0. The van der Waals surface area contributed by atoms with Crippen LogP contribution >= 0.6 is 0 Å². The van der Waals surface area contributed by atoms with Gasteiger partial charge in [-0.25, -0.2) is 0 Å². The Labute approximate surface area is 155 Å². The Morgan fingerprint density at radius 1 is 1.11 bits per heavy atom. The SMILES string of the molecule is Cc1cc(NC(=O)c2ccc([N+](=O)[O-])c(C)c2)ccc1Oc1cccnc1. The predicted molar refractivity (Wildman–Crippen MR) is 101 cm³/mol. The van der Waals surface area contributed by atoms with E-state index in [0.717, 1.165) is 5.56 Å². The molecule has 7 nitrogen and oxygen atoms in total. The van der Waals surface area contributed by atoms with Crippen LogP contribution in [-0.2, 0) is 0 Å². The summed E-state index contributed by atoms with van der Waals surface area (Å²) in [5.74, 6) is 0.944. The van der Waals surface area contributed by atoms with Gasteiger partial charge in [-0.1, -0.05) is 0 Å². The van der Waals surface area contributed by atoms with Crippen LogP contribution in [0.1, 0.15) is 21.5 Å². The summed E-state index contributed by atoms with van der Waals surface area (Å²) in [6, 6.07) is 13.1. The minimum Gasteiger partial charge on any atom is -0.455 e. The number of nitrogens with zero attached hydrogens (tertiary/aromatic N) is 2. The summed E-state index contributed by atoms with van der Waals surface area (Å²) in [4.78, 5) is 26.8. The third kappa shape index (κ3) is 4.27. The van der Waals surface area contributed by atoms with Gasteiger partial charge in [0.2, 0.25) is 0 Å². The van der Waals surface area contributed by atoms with Gasteiger partial charge in [0.15, 0.2) is 0 Å². The summed E-state index contributed by atoms with van der Waals surface area (Å²) in [6.07, 6.45) is 3.28. The number of hydrogen-bond donors (Lipinski definition) is 1. The van der Waals surface area contributed by atoms with Gasteiger partial charge in [0.1, 0.15) is 11.5 Å². The fraction of sp³-hybridized carbons (Fsp3) is 0.100. The number of amides is 1. The first kappa shape index (κ1) is 18.1. The predicted octanol–water partition coefficient (Wildman–Crippen LogP) is 4.65. The van der Waals surface area contributed by atoms with E-state index in [2.05, 4.69) is 10.3 Å². The second-order valence-electron chi connectivity index (χ2n) is 5.98. The largest absolute Gasteiger partial charge is 0.455 e. The number of hydrogen-bond acceptors (Lipinski definition) is 5. The van der Waals surface area contributed by atoms with Gasteiger partial charge >= 0.3 is 0 Å². The molecule has 0 radical (unpaired) electrons. The summed E-state index contributed by atoms with van der Waals surface area (Å²) in [6.45, 7) is 3.47. The first-order valence-corrected chi connectivity index (χ1v) is 8.19. The lowest BCUT2D eigenvalue weighted by Gasteiger charge is -2.11. The maximum absolute atomic E-state index is 12.4. The minimum absolute atomic E-state index is 0.0145. The van der Waals surface area contributed by atoms with E-state index in [1.165, 1.54) is 18.2 Å². The molecule has 0 bridgehead atoms. The fourth-order valence-corrected chi connectivity index (χ4v) is 2.58. The molecule has 2 aromatic carbocycles. The van der Waals surface area contributed by atoms with Crippen LogP contribution in [0.5, 0.6) is 11.5 Å². The molecule has 1 heterocycles. The monoisotopic (exact) mass is 363 g/mol. The van der Waals surface area contributed by atoms with Crippen molar-refractivity contribution in [1.82, 2.24) is 4.98 Å². The summed E-state index contributed by atoms with van der Waals surface area (Å²) >= 11 is 0. The topological polar surface area (TPSA) is 94.4 Å². The summed E-state index contributed by atoms with van der Waals surface area (Å²) < 4.78 is 5.77. The number of benzene rings is 2. The number of anilines is 1. The number of aromatic nitrogens is 1. The molecule has 7 heteroatoms. The Bertz CT molecular complexity index is 1000. The second-order valence-corrected chi connectivity index (χ2v) is 5.98. The molecule has 1 aromatic heterocycles. The molecule has 3 rings (SSSR count). The summed E-state index contributed by atoms with van der Waals surface area (Å²) in [5, 5.41) is 13.7. The van der Waals surface area contributed by atoms with Gasteiger partial charge in [0.25, 0.3) is 11.6 Å². The van der Waals surface area contributed by atoms with Crippen LogP contribution in [0, 0.1) is 24.0 Å². The van der Waals surface area contributed by atoms with Crippen molar-refractivity contribution in [2.24, 2.45) is 0 Å². The zero-order valence-corrected chi connectivity index (χ0v) is 14.8. The normalized spacial score (nSPS) is 10.3. The lowest BCUT2D eigenvalue weighted by molar-refractivity contribution is -0.385. The molecule has 1 N–H and O–H groups in total. The summed E-state index contributed by atoms with van der Waals surface area (Å²) in [5.41, 5.74) is 2.22. The average molecular weight is 363 g/mol.